The third-order valence-electron chi connectivity index (χ3n) is 5.05. The van der Waals surface area contributed by atoms with Gasteiger partial charge in [-0.15, -0.1) is 0 Å². The summed E-state index contributed by atoms with van der Waals surface area (Å²) in [5, 5.41) is 0. The van der Waals surface area contributed by atoms with Crippen molar-refractivity contribution in [1.82, 2.24) is 9.21 Å². The third-order valence-corrected chi connectivity index (χ3v) is 6.16. The molecule has 2 aliphatic heterocycles. The van der Waals surface area contributed by atoms with Crippen LogP contribution < -0.4 is 4.74 Å². The van der Waals surface area contributed by atoms with Gasteiger partial charge >= 0.3 is 0 Å². The molecule has 0 bridgehead atoms. The van der Waals surface area contributed by atoms with Crippen LogP contribution >= 0.6 is 11.9 Å². The fraction of sp³-hybridized carbons (Fsp3) is 0.667. The maximum atomic E-state index is 5.22. The molecule has 2 aliphatic rings. The first kappa shape index (κ1) is 16.2. The molecule has 0 atom stereocenters. The number of methoxy groups -OCH3 is 1. The van der Waals surface area contributed by atoms with Crippen molar-refractivity contribution in [3.63, 3.8) is 0 Å². The predicted molar refractivity (Wildman–Crippen MR) is 93.4 cm³/mol. The maximum absolute atomic E-state index is 5.22. The Kier molecular flexibility index (Phi) is 5.66. The minimum atomic E-state index is 0.820. The lowest BCUT2D eigenvalue weighted by atomic mass is 9.95. The van der Waals surface area contributed by atoms with Crippen molar-refractivity contribution < 1.29 is 4.74 Å². The molecule has 122 valence electrons. The van der Waals surface area contributed by atoms with Crippen molar-refractivity contribution in [2.75, 3.05) is 33.3 Å². The summed E-state index contributed by atoms with van der Waals surface area (Å²) in [5.41, 5.74) is 0. The van der Waals surface area contributed by atoms with Gasteiger partial charge < -0.3 is 9.64 Å². The lowest BCUT2D eigenvalue weighted by Crippen LogP contribution is -2.46. The van der Waals surface area contributed by atoms with Crippen LogP contribution in [0.1, 0.15) is 32.6 Å². The number of piperidine rings is 2. The van der Waals surface area contributed by atoms with Gasteiger partial charge in [0.15, 0.2) is 0 Å². The molecule has 0 spiro atoms. The molecule has 0 unspecified atom stereocenters. The van der Waals surface area contributed by atoms with Crippen molar-refractivity contribution in [3.05, 3.63) is 24.3 Å². The molecule has 22 heavy (non-hydrogen) atoms. The lowest BCUT2D eigenvalue weighted by molar-refractivity contribution is 0.103. The van der Waals surface area contributed by atoms with E-state index in [9.17, 15) is 0 Å². The van der Waals surface area contributed by atoms with E-state index in [0.717, 1.165) is 17.7 Å². The van der Waals surface area contributed by atoms with Gasteiger partial charge in [-0.2, -0.15) is 0 Å². The fourth-order valence-corrected chi connectivity index (χ4v) is 4.43. The number of nitrogens with zero attached hydrogens (tertiary/aromatic N) is 2. The lowest BCUT2D eigenvalue weighted by Gasteiger charge is -2.41. The molecule has 3 nitrogen and oxygen atoms in total. The number of rotatable bonds is 4. The van der Waals surface area contributed by atoms with E-state index in [1.54, 1.807) is 7.11 Å². The summed E-state index contributed by atoms with van der Waals surface area (Å²) >= 11 is 1.89. The van der Waals surface area contributed by atoms with Gasteiger partial charge in [0.05, 0.1) is 7.11 Å². The Balaban J connectivity index is 1.45. The number of benzene rings is 1. The van der Waals surface area contributed by atoms with Gasteiger partial charge in [0.1, 0.15) is 5.75 Å². The first-order valence-electron chi connectivity index (χ1n) is 8.55. The van der Waals surface area contributed by atoms with Crippen LogP contribution in [0.25, 0.3) is 0 Å². The molecular formula is C18H28N2OS. The van der Waals surface area contributed by atoms with Crippen molar-refractivity contribution in [3.8, 4) is 5.75 Å². The average Bonchev–Trinajstić information content (AvgIpc) is 2.57. The first-order chi connectivity index (χ1) is 10.7. The smallest absolute Gasteiger partial charge is 0.118 e. The summed E-state index contributed by atoms with van der Waals surface area (Å²) in [4.78, 5) is 4.06. The molecular weight excluding hydrogens is 292 g/mol. The van der Waals surface area contributed by atoms with Crippen LogP contribution in [0.4, 0.5) is 0 Å². The summed E-state index contributed by atoms with van der Waals surface area (Å²) in [7, 11) is 1.72. The molecule has 3 rings (SSSR count). The molecule has 0 aliphatic carbocycles. The third kappa shape index (κ3) is 4.18. The Hall–Kier alpha value is -0.710. The second-order valence-corrected chi connectivity index (χ2v) is 7.82. The summed E-state index contributed by atoms with van der Waals surface area (Å²) in [6.45, 7) is 7.43. The van der Waals surface area contributed by atoms with Crippen molar-refractivity contribution in [2.45, 2.75) is 43.5 Å². The standard InChI is InChI=1S/C18H28N2OS/c1-15-7-11-19(12-8-15)16-9-13-20(14-10-16)22-18-5-3-17(21-2)4-6-18/h3-6,15-16H,7-14H2,1-2H3. The number of ether oxygens (including phenoxy) is 1. The van der Waals surface area contributed by atoms with E-state index in [0.29, 0.717) is 0 Å². The Morgan fingerprint density at radius 2 is 1.59 bits per heavy atom. The minimum absolute atomic E-state index is 0.820. The largest absolute Gasteiger partial charge is 0.497 e. The number of likely N-dealkylation sites (tertiary alicyclic amines) is 1. The van der Waals surface area contributed by atoms with Gasteiger partial charge in [0.2, 0.25) is 0 Å². The average molecular weight is 321 g/mol. The Bertz CT molecular complexity index is 449. The van der Waals surface area contributed by atoms with Crippen LogP contribution in [-0.2, 0) is 0 Å². The van der Waals surface area contributed by atoms with Crippen LogP contribution in [-0.4, -0.2) is 48.5 Å². The molecule has 0 radical (unpaired) electrons. The first-order valence-corrected chi connectivity index (χ1v) is 9.33. The minimum Gasteiger partial charge on any atom is -0.497 e. The molecule has 4 heteroatoms. The highest BCUT2D eigenvalue weighted by Gasteiger charge is 2.27. The van der Waals surface area contributed by atoms with Crippen LogP contribution in [0.15, 0.2) is 29.2 Å². The SMILES string of the molecule is COc1ccc(SN2CCC(N3CCC(C)CC3)CC2)cc1. The molecule has 0 amide bonds. The highest BCUT2D eigenvalue weighted by atomic mass is 32.2. The quantitative estimate of drug-likeness (QED) is 0.782. The van der Waals surface area contributed by atoms with Crippen molar-refractivity contribution in [2.24, 2.45) is 5.92 Å². The Morgan fingerprint density at radius 1 is 0.955 bits per heavy atom. The Morgan fingerprint density at radius 3 is 2.18 bits per heavy atom. The molecule has 2 saturated heterocycles. The van der Waals surface area contributed by atoms with Crippen molar-refractivity contribution in [1.29, 1.82) is 0 Å². The van der Waals surface area contributed by atoms with Crippen LogP contribution in [0.3, 0.4) is 0 Å². The van der Waals surface area contributed by atoms with E-state index >= 15 is 0 Å². The second kappa shape index (κ2) is 7.71. The van der Waals surface area contributed by atoms with Crippen LogP contribution in [0, 0.1) is 5.92 Å². The molecule has 1 aromatic rings. The second-order valence-electron chi connectivity index (χ2n) is 6.65. The molecule has 2 heterocycles. The molecule has 0 aromatic heterocycles. The van der Waals surface area contributed by atoms with Gasteiger partial charge in [0, 0.05) is 24.0 Å². The van der Waals surface area contributed by atoms with Crippen molar-refractivity contribution >= 4 is 11.9 Å². The Labute approximate surface area is 139 Å². The number of hydrogen-bond acceptors (Lipinski definition) is 4. The van der Waals surface area contributed by atoms with Gasteiger partial charge in [-0.1, -0.05) is 6.92 Å². The van der Waals surface area contributed by atoms with E-state index in [2.05, 4.69) is 28.3 Å². The van der Waals surface area contributed by atoms with E-state index < -0.39 is 0 Å². The molecule has 2 fully saturated rings. The van der Waals surface area contributed by atoms with Gasteiger partial charge in [-0.25, -0.2) is 4.31 Å². The topological polar surface area (TPSA) is 15.7 Å². The number of hydrogen-bond donors (Lipinski definition) is 0. The highest BCUT2D eigenvalue weighted by Crippen LogP contribution is 2.30. The van der Waals surface area contributed by atoms with Gasteiger partial charge in [-0.05, 0) is 80.9 Å². The molecule has 0 saturated carbocycles. The summed E-state index contributed by atoms with van der Waals surface area (Å²) in [5.74, 6) is 1.87. The normalized spacial score (nSPS) is 22.8. The van der Waals surface area contributed by atoms with E-state index in [4.69, 9.17) is 4.74 Å². The van der Waals surface area contributed by atoms with Crippen LogP contribution in [0.2, 0.25) is 0 Å². The summed E-state index contributed by atoms with van der Waals surface area (Å²) < 4.78 is 7.74. The molecule has 1 aromatic carbocycles. The van der Waals surface area contributed by atoms with Crippen LogP contribution in [0.5, 0.6) is 5.75 Å². The van der Waals surface area contributed by atoms with E-state index in [-0.39, 0.29) is 0 Å². The zero-order valence-electron chi connectivity index (χ0n) is 13.8. The maximum Gasteiger partial charge on any atom is 0.118 e. The van der Waals surface area contributed by atoms with Gasteiger partial charge in [-0.3, -0.25) is 0 Å². The zero-order valence-corrected chi connectivity index (χ0v) is 14.6. The van der Waals surface area contributed by atoms with E-state index in [1.165, 1.54) is 56.8 Å². The highest BCUT2D eigenvalue weighted by molar-refractivity contribution is 7.97. The molecule has 0 N–H and O–H groups in total. The summed E-state index contributed by atoms with van der Waals surface area (Å²) in [6.07, 6.45) is 5.41. The fourth-order valence-electron chi connectivity index (χ4n) is 3.48. The summed E-state index contributed by atoms with van der Waals surface area (Å²) in [6, 6.07) is 9.22. The van der Waals surface area contributed by atoms with E-state index in [1.807, 2.05) is 24.1 Å². The monoisotopic (exact) mass is 320 g/mol. The predicted octanol–water partition coefficient (Wildman–Crippen LogP) is 3.90. The zero-order chi connectivity index (χ0) is 15.4. The van der Waals surface area contributed by atoms with Gasteiger partial charge in [0.25, 0.3) is 0 Å².